The number of carbonyl (C=O) groups is 1. The van der Waals surface area contributed by atoms with Crippen LogP contribution in [0.15, 0.2) is 30.3 Å². The molecule has 4 heteroatoms. The van der Waals surface area contributed by atoms with Crippen LogP contribution in [-0.2, 0) is 9.53 Å². The predicted molar refractivity (Wildman–Crippen MR) is 96.1 cm³/mol. The molecule has 130 valence electrons. The van der Waals surface area contributed by atoms with E-state index in [0.717, 1.165) is 19.3 Å². The van der Waals surface area contributed by atoms with Crippen molar-refractivity contribution in [2.24, 2.45) is 5.92 Å². The summed E-state index contributed by atoms with van der Waals surface area (Å²) in [5, 5.41) is 11.2. The fourth-order valence-electron chi connectivity index (χ4n) is 2.22. The summed E-state index contributed by atoms with van der Waals surface area (Å²) < 4.78 is 6.77. The predicted octanol–water partition coefficient (Wildman–Crippen LogP) is 3.33. The molecule has 3 nitrogen and oxygen atoms in total. The number of carbonyl (C=O) groups excluding carboxylic acids is 1. The number of aliphatic hydroxyl groups excluding tert-OH is 1. The Balaban J connectivity index is 2.68. The molecule has 1 rings (SSSR count). The Bertz CT molecular complexity index is 453. The number of hydrogen-bond donors (Lipinski definition) is 1. The van der Waals surface area contributed by atoms with Gasteiger partial charge < -0.3 is 0 Å². The second-order valence-corrected chi connectivity index (χ2v) is 9.12. The van der Waals surface area contributed by atoms with E-state index >= 15 is 0 Å². The Kier molecular flexibility index (Phi) is 8.90. The third-order valence-corrected chi connectivity index (χ3v) is 5.82. The molecule has 2 atom stereocenters. The van der Waals surface area contributed by atoms with Crippen molar-refractivity contribution in [2.45, 2.75) is 70.4 Å². The molecular weight excluding hydrogens is 355 g/mol. The molecule has 0 saturated carbocycles. The van der Waals surface area contributed by atoms with Gasteiger partial charge in [0.2, 0.25) is 0 Å². The van der Waals surface area contributed by atoms with Crippen molar-refractivity contribution in [2.75, 3.05) is 0 Å². The first-order valence-corrected chi connectivity index (χ1v) is 10.5. The quantitative estimate of drug-likeness (QED) is 0.403. The fourth-order valence-corrected chi connectivity index (χ4v) is 4.49. The van der Waals surface area contributed by atoms with Crippen molar-refractivity contribution in [3.05, 3.63) is 30.3 Å². The summed E-state index contributed by atoms with van der Waals surface area (Å²) in [4.78, 5) is 12.5. The zero-order valence-corrected chi connectivity index (χ0v) is 16.5. The summed E-state index contributed by atoms with van der Waals surface area (Å²) in [6.45, 7) is 7.74. The van der Waals surface area contributed by atoms with E-state index in [1.54, 1.807) is 0 Å². The van der Waals surface area contributed by atoms with Crippen LogP contribution >= 0.6 is 0 Å². The van der Waals surface area contributed by atoms with Crippen molar-refractivity contribution in [3.8, 4) is 0 Å². The van der Waals surface area contributed by atoms with E-state index in [9.17, 15) is 9.90 Å². The zero-order valence-electron chi connectivity index (χ0n) is 14.7. The van der Waals surface area contributed by atoms with Crippen molar-refractivity contribution in [1.29, 1.82) is 0 Å². The van der Waals surface area contributed by atoms with E-state index in [0.29, 0.717) is 11.7 Å². The van der Waals surface area contributed by atoms with Crippen LogP contribution in [0.25, 0.3) is 0 Å². The number of aliphatic hydroxyl groups is 1. The monoisotopic (exact) mass is 386 g/mol. The van der Waals surface area contributed by atoms with E-state index in [1.165, 1.54) is 4.46 Å². The van der Waals surface area contributed by atoms with Gasteiger partial charge in [-0.25, -0.2) is 0 Å². The second kappa shape index (κ2) is 10.1. The van der Waals surface area contributed by atoms with Gasteiger partial charge in [-0.15, -0.1) is 0 Å². The number of hydrogen-bond acceptors (Lipinski definition) is 3. The first-order valence-electron chi connectivity index (χ1n) is 8.42. The van der Waals surface area contributed by atoms with Gasteiger partial charge in [0.1, 0.15) is 0 Å². The van der Waals surface area contributed by atoms with Crippen molar-refractivity contribution >= 4 is 25.4 Å². The summed E-state index contributed by atoms with van der Waals surface area (Å²) in [6, 6.07) is 10.2. The normalized spacial score (nSPS) is 14.3. The summed E-state index contributed by atoms with van der Waals surface area (Å²) in [6.07, 6.45) is 3.21. The van der Waals surface area contributed by atoms with Gasteiger partial charge in [0.25, 0.3) is 0 Å². The molecule has 0 aliphatic rings. The summed E-state index contributed by atoms with van der Waals surface area (Å²) in [5.41, 5.74) is -0.516. The van der Waals surface area contributed by atoms with Crippen LogP contribution in [0.2, 0.25) is 5.32 Å². The molecule has 0 amide bonds. The molecule has 1 aromatic carbocycles. The van der Waals surface area contributed by atoms with Crippen LogP contribution in [0.3, 0.4) is 0 Å². The molecular formula is C19H30O3Se. The van der Waals surface area contributed by atoms with Gasteiger partial charge >= 0.3 is 147 Å². The van der Waals surface area contributed by atoms with E-state index in [1.807, 2.05) is 39.0 Å². The number of unbranched alkanes of at least 4 members (excludes halogenated alkanes) is 2. The van der Waals surface area contributed by atoms with Gasteiger partial charge in [0.15, 0.2) is 0 Å². The van der Waals surface area contributed by atoms with Gasteiger partial charge in [0.05, 0.1) is 0 Å². The van der Waals surface area contributed by atoms with Gasteiger partial charge in [-0.05, 0) is 0 Å². The minimum atomic E-state index is -0.609. The van der Waals surface area contributed by atoms with E-state index in [-0.39, 0.29) is 20.9 Å². The first-order chi connectivity index (χ1) is 10.8. The molecule has 23 heavy (non-hydrogen) atoms. The van der Waals surface area contributed by atoms with Crippen LogP contribution < -0.4 is 4.46 Å². The maximum atomic E-state index is 12.5. The van der Waals surface area contributed by atoms with E-state index < -0.39 is 17.6 Å². The van der Waals surface area contributed by atoms with Crippen LogP contribution in [0.1, 0.15) is 53.4 Å². The SMILES string of the molecule is CCCCC[C@H](O)[C@@H](C[Se]c1ccccc1)C(=O)OC(C)(C)C. The Hall–Kier alpha value is -0.831. The number of benzene rings is 1. The average molecular weight is 385 g/mol. The molecule has 0 aliphatic carbocycles. The van der Waals surface area contributed by atoms with Gasteiger partial charge in [0, 0.05) is 0 Å². The number of rotatable bonds is 9. The van der Waals surface area contributed by atoms with Crippen LogP contribution in [0.4, 0.5) is 0 Å². The second-order valence-electron chi connectivity index (χ2n) is 6.83. The Morgan fingerprint density at radius 3 is 2.43 bits per heavy atom. The molecule has 1 N–H and O–H groups in total. The Morgan fingerprint density at radius 1 is 1.22 bits per heavy atom. The number of ether oxygens (including phenoxy) is 1. The third kappa shape index (κ3) is 8.55. The third-order valence-electron chi connectivity index (χ3n) is 3.45. The van der Waals surface area contributed by atoms with Crippen LogP contribution in [0.5, 0.6) is 0 Å². The summed E-state index contributed by atoms with van der Waals surface area (Å²) in [7, 11) is 0. The summed E-state index contributed by atoms with van der Waals surface area (Å²) in [5.74, 6) is -0.689. The molecule has 0 bridgehead atoms. The van der Waals surface area contributed by atoms with E-state index in [4.69, 9.17) is 4.74 Å². The average Bonchev–Trinajstić information content (AvgIpc) is 2.47. The molecule has 0 aromatic heterocycles. The topological polar surface area (TPSA) is 46.5 Å². The molecule has 0 aliphatic heterocycles. The van der Waals surface area contributed by atoms with Crippen molar-refractivity contribution in [3.63, 3.8) is 0 Å². The van der Waals surface area contributed by atoms with Gasteiger partial charge in [-0.3, -0.25) is 0 Å². The summed E-state index contributed by atoms with van der Waals surface area (Å²) >= 11 is 0.161. The minimum absolute atomic E-state index is 0.161. The molecule has 0 spiro atoms. The van der Waals surface area contributed by atoms with Crippen molar-refractivity contribution in [1.82, 2.24) is 0 Å². The molecule has 0 saturated heterocycles. The molecule has 0 radical (unpaired) electrons. The Morgan fingerprint density at radius 2 is 1.87 bits per heavy atom. The van der Waals surface area contributed by atoms with Gasteiger partial charge in [-0.2, -0.15) is 0 Å². The molecule has 0 heterocycles. The zero-order chi connectivity index (χ0) is 17.3. The standard InChI is InChI=1S/C19H30O3Se/c1-5-6-8-13-17(20)16(18(21)22-19(2,3)4)14-23-15-11-9-7-10-12-15/h7,9-12,16-17,20H,5-6,8,13-14H2,1-4H3/t16-,17+/m1/s1. The van der Waals surface area contributed by atoms with Gasteiger partial charge in [-0.1, -0.05) is 0 Å². The first kappa shape index (κ1) is 20.2. The molecule has 1 aromatic rings. The van der Waals surface area contributed by atoms with Crippen LogP contribution in [-0.4, -0.2) is 37.7 Å². The maximum absolute atomic E-state index is 12.5. The Labute approximate surface area is 147 Å². The van der Waals surface area contributed by atoms with E-state index in [2.05, 4.69) is 19.1 Å². The fraction of sp³-hybridized carbons (Fsp3) is 0.632. The number of esters is 1. The van der Waals surface area contributed by atoms with Crippen LogP contribution in [0, 0.1) is 5.92 Å². The van der Waals surface area contributed by atoms with Crippen molar-refractivity contribution < 1.29 is 14.6 Å². The molecule has 0 fully saturated rings. The molecule has 0 unspecified atom stereocenters.